The molecular formula is C15H30N2O. The molecule has 2 atom stereocenters. The molecule has 1 aliphatic heterocycles. The number of ether oxygens (including phenoxy) is 1. The second-order valence-corrected chi connectivity index (χ2v) is 6.43. The molecule has 2 N–H and O–H groups in total. The molecule has 1 saturated heterocycles. The zero-order chi connectivity index (χ0) is 13.2. The molecule has 2 aliphatic rings. The minimum absolute atomic E-state index is 0.182. The third-order valence-electron chi connectivity index (χ3n) is 4.94. The van der Waals surface area contributed by atoms with Crippen molar-refractivity contribution >= 4 is 0 Å². The largest absolute Gasteiger partial charge is 0.375 e. The molecule has 1 heterocycles. The van der Waals surface area contributed by atoms with Gasteiger partial charge in [0.1, 0.15) is 0 Å². The van der Waals surface area contributed by atoms with Crippen molar-refractivity contribution in [2.45, 2.75) is 70.6 Å². The molecule has 0 aromatic rings. The van der Waals surface area contributed by atoms with Crippen molar-refractivity contribution in [3.63, 3.8) is 0 Å². The highest BCUT2D eigenvalue weighted by Gasteiger charge is 2.42. The van der Waals surface area contributed by atoms with E-state index in [0.29, 0.717) is 12.2 Å². The highest BCUT2D eigenvalue weighted by atomic mass is 16.5. The van der Waals surface area contributed by atoms with E-state index in [-0.39, 0.29) is 5.54 Å². The Morgan fingerprint density at radius 3 is 2.22 bits per heavy atom. The highest BCUT2D eigenvalue weighted by molar-refractivity contribution is 4.98. The first-order valence-electron chi connectivity index (χ1n) is 7.70. The van der Waals surface area contributed by atoms with Crippen molar-refractivity contribution in [3.8, 4) is 0 Å². The molecule has 2 fully saturated rings. The van der Waals surface area contributed by atoms with Crippen LogP contribution in [-0.4, -0.2) is 42.3 Å². The van der Waals surface area contributed by atoms with E-state index >= 15 is 0 Å². The monoisotopic (exact) mass is 254 g/mol. The SMILES string of the molecule is CCN(CC1CCC1)C1(CN)CC(C)OC(C)C1. The van der Waals surface area contributed by atoms with Gasteiger partial charge in [0.15, 0.2) is 0 Å². The topological polar surface area (TPSA) is 38.5 Å². The van der Waals surface area contributed by atoms with Crippen LogP contribution in [0.2, 0.25) is 0 Å². The molecule has 106 valence electrons. The number of likely N-dealkylation sites (N-methyl/N-ethyl adjacent to an activating group) is 1. The number of nitrogens with two attached hydrogens (primary N) is 1. The number of nitrogens with zero attached hydrogens (tertiary/aromatic N) is 1. The lowest BCUT2D eigenvalue weighted by Crippen LogP contribution is -2.60. The Morgan fingerprint density at radius 2 is 1.83 bits per heavy atom. The minimum Gasteiger partial charge on any atom is -0.375 e. The maximum atomic E-state index is 6.18. The normalized spacial score (nSPS) is 37.8. The van der Waals surface area contributed by atoms with Gasteiger partial charge in [-0.05, 0) is 52.0 Å². The van der Waals surface area contributed by atoms with Crippen LogP contribution in [0.4, 0.5) is 0 Å². The van der Waals surface area contributed by atoms with Crippen LogP contribution in [-0.2, 0) is 4.74 Å². The maximum Gasteiger partial charge on any atom is 0.0568 e. The average Bonchev–Trinajstić information content (AvgIpc) is 2.26. The van der Waals surface area contributed by atoms with Gasteiger partial charge in [-0.25, -0.2) is 0 Å². The van der Waals surface area contributed by atoms with Crippen LogP contribution in [0, 0.1) is 5.92 Å². The van der Waals surface area contributed by atoms with Crippen LogP contribution in [0.1, 0.15) is 52.9 Å². The van der Waals surface area contributed by atoms with E-state index in [4.69, 9.17) is 10.5 Å². The van der Waals surface area contributed by atoms with Crippen molar-refractivity contribution in [2.75, 3.05) is 19.6 Å². The first kappa shape index (κ1) is 14.3. The van der Waals surface area contributed by atoms with Gasteiger partial charge in [-0.2, -0.15) is 0 Å². The minimum atomic E-state index is 0.182. The summed E-state index contributed by atoms with van der Waals surface area (Å²) >= 11 is 0. The molecule has 0 amide bonds. The quantitative estimate of drug-likeness (QED) is 0.819. The zero-order valence-electron chi connectivity index (χ0n) is 12.3. The van der Waals surface area contributed by atoms with Crippen molar-refractivity contribution in [2.24, 2.45) is 11.7 Å². The van der Waals surface area contributed by atoms with E-state index < -0.39 is 0 Å². The summed E-state index contributed by atoms with van der Waals surface area (Å²) in [7, 11) is 0. The maximum absolute atomic E-state index is 6.18. The van der Waals surface area contributed by atoms with Gasteiger partial charge >= 0.3 is 0 Å². The first-order chi connectivity index (χ1) is 8.59. The van der Waals surface area contributed by atoms with Gasteiger partial charge < -0.3 is 10.5 Å². The van der Waals surface area contributed by atoms with E-state index in [1.54, 1.807) is 0 Å². The van der Waals surface area contributed by atoms with Crippen molar-refractivity contribution < 1.29 is 4.74 Å². The molecule has 3 nitrogen and oxygen atoms in total. The fraction of sp³-hybridized carbons (Fsp3) is 1.00. The Hall–Kier alpha value is -0.120. The third-order valence-corrected chi connectivity index (χ3v) is 4.94. The van der Waals surface area contributed by atoms with Crippen LogP contribution in [0.15, 0.2) is 0 Å². The van der Waals surface area contributed by atoms with Crippen LogP contribution in [0.5, 0.6) is 0 Å². The molecule has 2 rings (SSSR count). The lowest BCUT2D eigenvalue weighted by atomic mass is 9.79. The summed E-state index contributed by atoms with van der Waals surface area (Å²) in [6.07, 6.45) is 7.12. The van der Waals surface area contributed by atoms with Crippen LogP contribution in [0.3, 0.4) is 0 Å². The molecule has 0 bridgehead atoms. The summed E-state index contributed by atoms with van der Waals surface area (Å²) in [5.74, 6) is 0.918. The van der Waals surface area contributed by atoms with E-state index in [9.17, 15) is 0 Å². The standard InChI is InChI=1S/C15H30N2O/c1-4-17(10-14-6-5-7-14)15(11-16)8-12(2)18-13(3)9-15/h12-14H,4-11,16H2,1-3H3. The second kappa shape index (κ2) is 5.89. The van der Waals surface area contributed by atoms with Gasteiger partial charge in [0, 0.05) is 18.6 Å². The van der Waals surface area contributed by atoms with Gasteiger partial charge in [-0.15, -0.1) is 0 Å². The van der Waals surface area contributed by atoms with E-state index in [2.05, 4.69) is 25.7 Å². The molecule has 1 saturated carbocycles. The molecule has 2 unspecified atom stereocenters. The molecule has 0 radical (unpaired) electrons. The fourth-order valence-electron chi connectivity index (χ4n) is 3.85. The van der Waals surface area contributed by atoms with Gasteiger partial charge in [0.25, 0.3) is 0 Å². The predicted octanol–water partition coefficient (Wildman–Crippen LogP) is 2.39. The number of hydrogen-bond acceptors (Lipinski definition) is 3. The Bertz CT molecular complexity index is 255. The summed E-state index contributed by atoms with van der Waals surface area (Å²) in [6.45, 7) is 9.79. The van der Waals surface area contributed by atoms with Gasteiger partial charge in [-0.1, -0.05) is 13.3 Å². The molecule has 0 spiro atoms. The van der Waals surface area contributed by atoms with E-state index in [1.807, 2.05) is 0 Å². The van der Waals surface area contributed by atoms with Crippen LogP contribution < -0.4 is 5.73 Å². The summed E-state index contributed by atoms with van der Waals surface area (Å²) in [5.41, 5.74) is 6.36. The summed E-state index contributed by atoms with van der Waals surface area (Å²) in [6, 6.07) is 0. The molecule has 0 aromatic carbocycles. The Morgan fingerprint density at radius 1 is 1.22 bits per heavy atom. The smallest absolute Gasteiger partial charge is 0.0568 e. The third kappa shape index (κ3) is 2.89. The molecule has 3 heteroatoms. The Balaban J connectivity index is 2.06. The summed E-state index contributed by atoms with van der Waals surface area (Å²) in [4.78, 5) is 2.66. The van der Waals surface area contributed by atoms with Crippen LogP contribution in [0.25, 0.3) is 0 Å². The van der Waals surface area contributed by atoms with Crippen molar-refractivity contribution in [1.82, 2.24) is 4.90 Å². The zero-order valence-corrected chi connectivity index (χ0v) is 12.3. The number of rotatable bonds is 5. The van der Waals surface area contributed by atoms with Gasteiger partial charge in [0.2, 0.25) is 0 Å². The van der Waals surface area contributed by atoms with Crippen molar-refractivity contribution in [1.29, 1.82) is 0 Å². The van der Waals surface area contributed by atoms with Gasteiger partial charge in [0.05, 0.1) is 12.2 Å². The van der Waals surface area contributed by atoms with Crippen LogP contribution >= 0.6 is 0 Å². The number of hydrogen-bond donors (Lipinski definition) is 1. The fourth-order valence-corrected chi connectivity index (χ4v) is 3.85. The molecule has 18 heavy (non-hydrogen) atoms. The van der Waals surface area contributed by atoms with E-state index in [0.717, 1.165) is 31.8 Å². The first-order valence-corrected chi connectivity index (χ1v) is 7.70. The van der Waals surface area contributed by atoms with Crippen molar-refractivity contribution in [3.05, 3.63) is 0 Å². The lowest BCUT2D eigenvalue weighted by Gasteiger charge is -2.51. The van der Waals surface area contributed by atoms with E-state index in [1.165, 1.54) is 25.8 Å². The Labute approximate surface area is 112 Å². The summed E-state index contributed by atoms with van der Waals surface area (Å²) in [5, 5.41) is 0. The molecule has 1 aliphatic carbocycles. The average molecular weight is 254 g/mol. The predicted molar refractivity (Wildman–Crippen MR) is 75.6 cm³/mol. The molecular weight excluding hydrogens is 224 g/mol. The summed E-state index contributed by atoms with van der Waals surface area (Å²) < 4.78 is 5.90. The van der Waals surface area contributed by atoms with Gasteiger partial charge in [-0.3, -0.25) is 4.90 Å². The Kier molecular flexibility index (Phi) is 4.68. The lowest BCUT2D eigenvalue weighted by molar-refractivity contribution is -0.106. The molecule has 0 aromatic heterocycles. The highest BCUT2D eigenvalue weighted by Crippen LogP contribution is 2.36. The second-order valence-electron chi connectivity index (χ2n) is 6.43.